The van der Waals surface area contributed by atoms with Gasteiger partial charge in [-0.2, -0.15) is 0 Å². The summed E-state index contributed by atoms with van der Waals surface area (Å²) < 4.78 is 10.2. The van der Waals surface area contributed by atoms with Gasteiger partial charge in [0.05, 0.1) is 25.6 Å². The maximum Gasteiger partial charge on any atom is 0.310 e. The number of carbonyl (C=O) groups is 2. The third-order valence-electron chi connectivity index (χ3n) is 4.21. The summed E-state index contributed by atoms with van der Waals surface area (Å²) in [4.78, 5) is 26.1. The average molecular weight is 269 g/mol. The second kappa shape index (κ2) is 6.37. The van der Waals surface area contributed by atoms with Gasteiger partial charge in [0.15, 0.2) is 0 Å². The van der Waals surface area contributed by atoms with Gasteiger partial charge >= 0.3 is 11.9 Å². The van der Waals surface area contributed by atoms with E-state index in [9.17, 15) is 9.59 Å². The monoisotopic (exact) mass is 269 g/mol. The number of hydrogen-bond acceptors (Lipinski definition) is 5. The smallest absolute Gasteiger partial charge is 0.310 e. The molecule has 0 aromatic rings. The molecule has 5 heteroatoms. The summed E-state index contributed by atoms with van der Waals surface area (Å²) in [6.45, 7) is 6.36. The van der Waals surface area contributed by atoms with Gasteiger partial charge in [0.1, 0.15) is 0 Å². The van der Waals surface area contributed by atoms with Crippen LogP contribution in [-0.4, -0.2) is 49.2 Å². The summed E-state index contributed by atoms with van der Waals surface area (Å²) in [6.07, 6.45) is 2.36. The summed E-state index contributed by atoms with van der Waals surface area (Å²) in [6, 6.07) is -0.0365. The number of ether oxygens (including phenoxy) is 2. The van der Waals surface area contributed by atoms with E-state index in [1.165, 1.54) is 0 Å². The van der Waals surface area contributed by atoms with Crippen LogP contribution in [-0.2, 0) is 19.1 Å². The molecule has 2 atom stereocenters. The molecule has 0 spiro atoms. The Morgan fingerprint density at radius 1 is 1.11 bits per heavy atom. The fourth-order valence-electron chi connectivity index (χ4n) is 3.39. The minimum absolute atomic E-state index is 0.0365. The lowest BCUT2D eigenvalue weighted by molar-refractivity contribution is -0.162. The van der Waals surface area contributed by atoms with Crippen molar-refractivity contribution in [3.05, 3.63) is 0 Å². The molecule has 19 heavy (non-hydrogen) atoms. The standard InChI is InChI=1S/C14H23NO4/c1-3-18-12(16)9-11-13(14(17)19-4-2)10-5-7-15(11)8-6-10/h10-11,13H,3-9H2,1-2H3. The Hall–Kier alpha value is -1.10. The van der Waals surface area contributed by atoms with Crippen LogP contribution >= 0.6 is 0 Å². The Labute approximate surface area is 114 Å². The van der Waals surface area contributed by atoms with E-state index in [1.807, 2.05) is 6.92 Å². The number of piperidine rings is 3. The third kappa shape index (κ3) is 3.08. The van der Waals surface area contributed by atoms with Crippen LogP contribution in [0, 0.1) is 11.8 Å². The van der Waals surface area contributed by atoms with Crippen LogP contribution in [0.25, 0.3) is 0 Å². The van der Waals surface area contributed by atoms with Crippen LogP contribution in [0.2, 0.25) is 0 Å². The van der Waals surface area contributed by atoms with Crippen LogP contribution in [0.3, 0.4) is 0 Å². The fourth-order valence-corrected chi connectivity index (χ4v) is 3.39. The van der Waals surface area contributed by atoms with Gasteiger partial charge in [-0.05, 0) is 45.7 Å². The van der Waals surface area contributed by atoms with Gasteiger partial charge in [-0.15, -0.1) is 0 Å². The Morgan fingerprint density at radius 2 is 1.74 bits per heavy atom. The zero-order chi connectivity index (χ0) is 13.8. The normalized spacial score (nSPS) is 32.9. The predicted octanol–water partition coefficient (Wildman–Crippen LogP) is 1.21. The lowest BCUT2D eigenvalue weighted by Gasteiger charge is -2.49. The van der Waals surface area contributed by atoms with E-state index in [2.05, 4.69) is 4.90 Å². The molecule has 3 rings (SSSR count). The number of carbonyl (C=O) groups excluding carboxylic acids is 2. The second-order valence-corrected chi connectivity index (χ2v) is 5.23. The highest BCUT2D eigenvalue weighted by molar-refractivity contribution is 5.76. The Morgan fingerprint density at radius 3 is 2.32 bits per heavy atom. The van der Waals surface area contributed by atoms with Gasteiger partial charge in [-0.1, -0.05) is 0 Å². The number of esters is 2. The van der Waals surface area contributed by atoms with Gasteiger partial charge in [0.25, 0.3) is 0 Å². The van der Waals surface area contributed by atoms with Crippen molar-refractivity contribution in [1.29, 1.82) is 0 Å². The van der Waals surface area contributed by atoms with Crippen LogP contribution < -0.4 is 0 Å². The molecule has 0 amide bonds. The molecule has 2 unspecified atom stereocenters. The largest absolute Gasteiger partial charge is 0.466 e. The molecule has 3 aliphatic heterocycles. The number of fused-ring (bicyclic) bond motifs is 3. The molecule has 5 nitrogen and oxygen atoms in total. The topological polar surface area (TPSA) is 55.8 Å². The predicted molar refractivity (Wildman–Crippen MR) is 69.5 cm³/mol. The van der Waals surface area contributed by atoms with Gasteiger partial charge in [-0.25, -0.2) is 0 Å². The highest BCUT2D eigenvalue weighted by Crippen LogP contribution is 2.39. The first kappa shape index (κ1) is 14.3. The maximum atomic E-state index is 12.1. The van der Waals surface area contributed by atoms with Gasteiger partial charge in [0.2, 0.25) is 0 Å². The molecular formula is C14H23NO4. The zero-order valence-electron chi connectivity index (χ0n) is 11.8. The molecule has 0 aromatic carbocycles. The van der Waals surface area contributed by atoms with Crippen LogP contribution in [0.15, 0.2) is 0 Å². The lowest BCUT2D eigenvalue weighted by Crippen LogP contribution is -2.58. The van der Waals surface area contributed by atoms with Crippen molar-refractivity contribution in [3.8, 4) is 0 Å². The second-order valence-electron chi connectivity index (χ2n) is 5.23. The van der Waals surface area contributed by atoms with Gasteiger partial charge in [0, 0.05) is 6.04 Å². The Bertz CT molecular complexity index is 336. The third-order valence-corrected chi connectivity index (χ3v) is 4.21. The van der Waals surface area contributed by atoms with Crippen molar-refractivity contribution in [2.24, 2.45) is 11.8 Å². The first-order valence-corrected chi connectivity index (χ1v) is 7.23. The molecule has 3 fully saturated rings. The fraction of sp³-hybridized carbons (Fsp3) is 0.857. The highest BCUT2D eigenvalue weighted by atomic mass is 16.5. The molecule has 0 aromatic heterocycles. The van der Waals surface area contributed by atoms with Crippen molar-refractivity contribution < 1.29 is 19.1 Å². The van der Waals surface area contributed by atoms with Gasteiger partial charge in [-0.3, -0.25) is 14.5 Å². The molecular weight excluding hydrogens is 246 g/mol. The lowest BCUT2D eigenvalue weighted by atomic mass is 9.73. The van der Waals surface area contributed by atoms with E-state index in [-0.39, 0.29) is 23.9 Å². The van der Waals surface area contributed by atoms with Crippen molar-refractivity contribution in [1.82, 2.24) is 4.90 Å². The zero-order valence-corrected chi connectivity index (χ0v) is 11.8. The first-order chi connectivity index (χ1) is 9.17. The van der Waals surface area contributed by atoms with Crippen LogP contribution in [0.1, 0.15) is 33.1 Å². The molecule has 0 N–H and O–H groups in total. The summed E-state index contributed by atoms with van der Waals surface area (Å²) in [5.41, 5.74) is 0. The van der Waals surface area contributed by atoms with Crippen molar-refractivity contribution in [2.45, 2.75) is 39.2 Å². The van der Waals surface area contributed by atoms with Gasteiger partial charge < -0.3 is 9.47 Å². The summed E-state index contributed by atoms with van der Waals surface area (Å²) in [5.74, 6) is -0.157. The summed E-state index contributed by atoms with van der Waals surface area (Å²) in [7, 11) is 0. The SMILES string of the molecule is CCOC(=O)CC1C(C(=O)OCC)C2CCN1CC2. The molecule has 3 saturated heterocycles. The highest BCUT2D eigenvalue weighted by Gasteiger charge is 2.47. The number of hydrogen-bond donors (Lipinski definition) is 0. The van der Waals surface area contributed by atoms with Crippen LogP contribution in [0.5, 0.6) is 0 Å². The minimum Gasteiger partial charge on any atom is -0.466 e. The quantitative estimate of drug-likeness (QED) is 0.702. The summed E-state index contributed by atoms with van der Waals surface area (Å²) in [5, 5.41) is 0. The van der Waals surface area contributed by atoms with E-state index < -0.39 is 0 Å². The van der Waals surface area contributed by atoms with E-state index in [0.717, 1.165) is 25.9 Å². The molecule has 2 bridgehead atoms. The molecule has 108 valence electrons. The Kier molecular flexibility index (Phi) is 4.80. The Balaban J connectivity index is 2.07. The molecule has 3 aliphatic rings. The van der Waals surface area contributed by atoms with Crippen molar-refractivity contribution in [2.75, 3.05) is 26.3 Å². The molecule has 0 radical (unpaired) electrons. The van der Waals surface area contributed by atoms with E-state index in [1.54, 1.807) is 6.92 Å². The number of rotatable bonds is 5. The summed E-state index contributed by atoms with van der Waals surface area (Å²) >= 11 is 0. The molecule has 3 heterocycles. The van der Waals surface area contributed by atoms with E-state index in [4.69, 9.17) is 9.47 Å². The van der Waals surface area contributed by atoms with Crippen LogP contribution in [0.4, 0.5) is 0 Å². The maximum absolute atomic E-state index is 12.1. The van der Waals surface area contributed by atoms with Crippen molar-refractivity contribution >= 4 is 11.9 Å². The average Bonchev–Trinajstić information content (AvgIpc) is 2.40. The number of nitrogens with zero attached hydrogens (tertiary/aromatic N) is 1. The minimum atomic E-state index is -0.214. The van der Waals surface area contributed by atoms with E-state index >= 15 is 0 Å². The molecule has 0 saturated carbocycles. The van der Waals surface area contributed by atoms with Crippen molar-refractivity contribution in [3.63, 3.8) is 0 Å². The first-order valence-electron chi connectivity index (χ1n) is 7.23. The molecule has 0 aliphatic carbocycles. The van der Waals surface area contributed by atoms with E-state index in [0.29, 0.717) is 25.6 Å².